The summed E-state index contributed by atoms with van der Waals surface area (Å²) >= 11 is 0. The van der Waals surface area contributed by atoms with Crippen molar-refractivity contribution in [2.45, 2.75) is 25.4 Å². The Kier molecular flexibility index (Phi) is 4.74. The van der Waals surface area contributed by atoms with Crippen molar-refractivity contribution < 1.29 is 18.7 Å². The number of carbonyl (C=O) groups excluding carboxylic acids is 1. The van der Waals surface area contributed by atoms with Crippen LogP contribution >= 0.6 is 0 Å². The predicted octanol–water partition coefficient (Wildman–Crippen LogP) is 1.67. The van der Waals surface area contributed by atoms with E-state index in [9.17, 15) is 9.18 Å². The molecule has 1 atom stereocenters. The molecule has 1 N–H and O–H groups in total. The maximum atomic E-state index is 13.2. The summed E-state index contributed by atoms with van der Waals surface area (Å²) in [5, 5.41) is 2.80. The number of hydrogen-bond donors (Lipinski definition) is 1. The van der Waals surface area contributed by atoms with Crippen molar-refractivity contribution in [2.24, 2.45) is 0 Å². The normalized spacial score (nSPS) is 18.3. The van der Waals surface area contributed by atoms with Crippen LogP contribution in [0.15, 0.2) is 18.2 Å². The van der Waals surface area contributed by atoms with Crippen molar-refractivity contribution in [1.82, 2.24) is 5.32 Å². The third-order valence-corrected chi connectivity index (χ3v) is 3.14. The number of benzene rings is 1. The Hall–Kier alpha value is -1.62. The van der Waals surface area contributed by atoms with Gasteiger partial charge in [-0.15, -0.1) is 0 Å². The monoisotopic (exact) mass is 267 g/mol. The van der Waals surface area contributed by atoms with Crippen LogP contribution in [0.2, 0.25) is 0 Å². The molecule has 1 heterocycles. The van der Waals surface area contributed by atoms with E-state index in [-0.39, 0.29) is 24.2 Å². The number of hydrogen-bond acceptors (Lipinski definition) is 3. The molecule has 0 spiro atoms. The molecule has 0 radical (unpaired) electrons. The molecule has 19 heavy (non-hydrogen) atoms. The van der Waals surface area contributed by atoms with E-state index in [1.165, 1.54) is 25.3 Å². The maximum absolute atomic E-state index is 13.2. The van der Waals surface area contributed by atoms with Crippen LogP contribution in [0.1, 0.15) is 18.4 Å². The van der Waals surface area contributed by atoms with Gasteiger partial charge in [-0.2, -0.15) is 0 Å². The number of amides is 1. The Labute approximate surface area is 111 Å². The Morgan fingerprint density at radius 3 is 3.11 bits per heavy atom. The van der Waals surface area contributed by atoms with Gasteiger partial charge in [0.15, 0.2) is 0 Å². The highest BCUT2D eigenvalue weighted by atomic mass is 19.1. The largest absolute Gasteiger partial charge is 0.496 e. The van der Waals surface area contributed by atoms with Gasteiger partial charge in [-0.1, -0.05) is 0 Å². The fourth-order valence-electron chi connectivity index (χ4n) is 2.15. The number of halogens is 1. The lowest BCUT2D eigenvalue weighted by atomic mass is 10.1. The zero-order valence-electron chi connectivity index (χ0n) is 10.9. The second-order valence-corrected chi connectivity index (χ2v) is 4.57. The summed E-state index contributed by atoms with van der Waals surface area (Å²) in [7, 11) is 1.50. The lowest BCUT2D eigenvalue weighted by Gasteiger charge is -2.12. The highest BCUT2D eigenvalue weighted by molar-refractivity contribution is 5.79. The van der Waals surface area contributed by atoms with Gasteiger partial charge in [-0.25, -0.2) is 4.39 Å². The summed E-state index contributed by atoms with van der Waals surface area (Å²) in [6.07, 6.45) is 2.23. The highest BCUT2D eigenvalue weighted by Crippen LogP contribution is 2.19. The fourth-order valence-corrected chi connectivity index (χ4v) is 2.15. The molecule has 1 aliphatic heterocycles. The second-order valence-electron chi connectivity index (χ2n) is 4.57. The molecule has 1 aliphatic rings. The van der Waals surface area contributed by atoms with Crippen LogP contribution in [-0.4, -0.2) is 32.3 Å². The molecule has 1 saturated heterocycles. The van der Waals surface area contributed by atoms with Gasteiger partial charge in [-0.05, 0) is 31.0 Å². The Morgan fingerprint density at radius 2 is 2.42 bits per heavy atom. The lowest BCUT2D eigenvalue weighted by Crippen LogP contribution is -2.32. The van der Waals surface area contributed by atoms with Crippen molar-refractivity contribution >= 4 is 5.91 Å². The minimum atomic E-state index is -0.372. The van der Waals surface area contributed by atoms with Gasteiger partial charge in [-0.3, -0.25) is 4.79 Å². The van der Waals surface area contributed by atoms with E-state index in [1.807, 2.05) is 0 Å². The summed E-state index contributed by atoms with van der Waals surface area (Å²) in [5.74, 6) is -0.00390. The number of nitrogens with one attached hydrogen (secondary N) is 1. The van der Waals surface area contributed by atoms with Gasteiger partial charge in [0.2, 0.25) is 5.91 Å². The number of rotatable bonds is 5. The van der Waals surface area contributed by atoms with E-state index >= 15 is 0 Å². The smallest absolute Gasteiger partial charge is 0.224 e. The lowest BCUT2D eigenvalue weighted by molar-refractivity contribution is -0.120. The van der Waals surface area contributed by atoms with E-state index < -0.39 is 0 Å². The van der Waals surface area contributed by atoms with Gasteiger partial charge in [0.1, 0.15) is 11.6 Å². The molecule has 1 unspecified atom stereocenters. The first kappa shape index (κ1) is 13.8. The first-order valence-electron chi connectivity index (χ1n) is 6.40. The Morgan fingerprint density at radius 1 is 1.58 bits per heavy atom. The summed E-state index contributed by atoms with van der Waals surface area (Å²) in [5.41, 5.74) is 0.548. The van der Waals surface area contributed by atoms with E-state index in [0.717, 1.165) is 19.4 Å². The quantitative estimate of drug-likeness (QED) is 0.883. The molecular weight excluding hydrogens is 249 g/mol. The molecule has 104 valence electrons. The van der Waals surface area contributed by atoms with E-state index in [4.69, 9.17) is 9.47 Å². The second kappa shape index (κ2) is 6.52. The molecule has 0 saturated carbocycles. The third kappa shape index (κ3) is 3.92. The van der Waals surface area contributed by atoms with Crippen molar-refractivity contribution in [3.05, 3.63) is 29.6 Å². The minimum absolute atomic E-state index is 0.105. The SMILES string of the molecule is COc1ccc(F)cc1CC(=O)NCC1CCCO1. The maximum Gasteiger partial charge on any atom is 0.224 e. The molecule has 2 rings (SSSR count). The van der Waals surface area contributed by atoms with Crippen LogP contribution in [0.4, 0.5) is 4.39 Å². The zero-order valence-corrected chi connectivity index (χ0v) is 10.9. The van der Waals surface area contributed by atoms with Crippen LogP contribution in [-0.2, 0) is 16.0 Å². The van der Waals surface area contributed by atoms with Crippen LogP contribution in [0.25, 0.3) is 0 Å². The molecule has 4 nitrogen and oxygen atoms in total. The predicted molar refractivity (Wildman–Crippen MR) is 68.6 cm³/mol. The van der Waals surface area contributed by atoms with Gasteiger partial charge in [0.05, 0.1) is 19.6 Å². The first-order chi connectivity index (χ1) is 9.19. The van der Waals surface area contributed by atoms with E-state index in [1.54, 1.807) is 0 Å². The summed E-state index contributed by atoms with van der Waals surface area (Å²) in [4.78, 5) is 11.8. The van der Waals surface area contributed by atoms with Crippen LogP contribution in [0.5, 0.6) is 5.75 Å². The van der Waals surface area contributed by atoms with Crippen molar-refractivity contribution in [1.29, 1.82) is 0 Å². The Bertz CT molecular complexity index is 444. The third-order valence-electron chi connectivity index (χ3n) is 3.14. The minimum Gasteiger partial charge on any atom is -0.496 e. The van der Waals surface area contributed by atoms with Crippen molar-refractivity contribution in [3.8, 4) is 5.75 Å². The van der Waals surface area contributed by atoms with Crippen molar-refractivity contribution in [3.63, 3.8) is 0 Å². The Balaban J connectivity index is 1.88. The van der Waals surface area contributed by atoms with Gasteiger partial charge < -0.3 is 14.8 Å². The number of methoxy groups -OCH3 is 1. The molecule has 5 heteroatoms. The molecule has 0 aromatic heterocycles. The molecule has 0 aliphatic carbocycles. The van der Waals surface area contributed by atoms with Crippen LogP contribution in [0.3, 0.4) is 0 Å². The van der Waals surface area contributed by atoms with Gasteiger partial charge >= 0.3 is 0 Å². The number of carbonyl (C=O) groups is 1. The molecular formula is C14H18FNO3. The fraction of sp³-hybridized carbons (Fsp3) is 0.500. The molecule has 0 bridgehead atoms. The first-order valence-corrected chi connectivity index (χ1v) is 6.40. The van der Waals surface area contributed by atoms with Crippen molar-refractivity contribution in [2.75, 3.05) is 20.3 Å². The topological polar surface area (TPSA) is 47.6 Å². The summed E-state index contributed by atoms with van der Waals surface area (Å²) in [6.45, 7) is 1.27. The van der Waals surface area contributed by atoms with Crippen LogP contribution in [0, 0.1) is 5.82 Å². The van der Waals surface area contributed by atoms with E-state index in [2.05, 4.69) is 5.32 Å². The molecule has 1 aromatic rings. The average molecular weight is 267 g/mol. The standard InChI is InChI=1S/C14H18FNO3/c1-18-13-5-4-11(15)7-10(13)8-14(17)16-9-12-3-2-6-19-12/h4-5,7,12H,2-3,6,8-9H2,1H3,(H,16,17). The summed E-state index contributed by atoms with van der Waals surface area (Å²) in [6, 6.07) is 4.16. The van der Waals surface area contributed by atoms with Gasteiger partial charge in [0.25, 0.3) is 0 Å². The summed E-state index contributed by atoms with van der Waals surface area (Å²) < 4.78 is 23.7. The molecule has 1 amide bonds. The van der Waals surface area contributed by atoms with Crippen LogP contribution < -0.4 is 10.1 Å². The molecule has 1 aromatic carbocycles. The highest BCUT2D eigenvalue weighted by Gasteiger charge is 2.17. The molecule has 1 fully saturated rings. The van der Waals surface area contributed by atoms with E-state index in [0.29, 0.717) is 17.9 Å². The zero-order chi connectivity index (χ0) is 13.7. The number of ether oxygens (including phenoxy) is 2. The average Bonchev–Trinajstić information content (AvgIpc) is 2.90. The van der Waals surface area contributed by atoms with Gasteiger partial charge in [0, 0.05) is 18.7 Å².